The van der Waals surface area contributed by atoms with E-state index in [4.69, 9.17) is 23.2 Å². The quantitative estimate of drug-likeness (QED) is 0.305. The monoisotopic (exact) mass is 589 g/mol. The largest absolute Gasteiger partial charge is 0.352 e. The number of anilines is 1. The summed E-state index contributed by atoms with van der Waals surface area (Å²) in [4.78, 5) is 28.4. The van der Waals surface area contributed by atoms with Gasteiger partial charge in [-0.15, -0.1) is 0 Å². The third-order valence-electron chi connectivity index (χ3n) is 6.41. The molecular weight excluding hydrogens is 557 g/mol. The van der Waals surface area contributed by atoms with Gasteiger partial charge in [0, 0.05) is 22.6 Å². The van der Waals surface area contributed by atoms with Crippen molar-refractivity contribution in [2.24, 2.45) is 0 Å². The van der Waals surface area contributed by atoms with E-state index in [0.29, 0.717) is 21.3 Å². The van der Waals surface area contributed by atoms with E-state index >= 15 is 0 Å². The number of carbonyl (C=O) groups is 2. The molecule has 0 saturated carbocycles. The Morgan fingerprint density at radius 2 is 1.56 bits per heavy atom. The topological polar surface area (TPSA) is 86.8 Å². The number of benzene rings is 3. The lowest BCUT2D eigenvalue weighted by molar-refractivity contribution is -0.139. The van der Waals surface area contributed by atoms with Gasteiger partial charge in [0.1, 0.15) is 12.6 Å². The number of nitrogens with one attached hydrogen (secondary N) is 1. The second-order valence-corrected chi connectivity index (χ2v) is 12.2. The Morgan fingerprint density at radius 3 is 2.15 bits per heavy atom. The van der Waals surface area contributed by atoms with Crippen LogP contribution in [-0.4, -0.2) is 43.8 Å². The minimum atomic E-state index is -4.16. The van der Waals surface area contributed by atoms with Crippen LogP contribution in [0.5, 0.6) is 0 Å². The van der Waals surface area contributed by atoms with Crippen LogP contribution < -0.4 is 9.62 Å². The fourth-order valence-corrected chi connectivity index (χ4v) is 5.61. The van der Waals surface area contributed by atoms with E-state index in [-0.39, 0.29) is 23.4 Å². The Balaban J connectivity index is 2.02. The summed E-state index contributed by atoms with van der Waals surface area (Å²) in [6.07, 6.45) is 0.723. The van der Waals surface area contributed by atoms with Crippen molar-refractivity contribution in [1.29, 1.82) is 0 Å². The number of nitrogens with zero attached hydrogens (tertiary/aromatic N) is 2. The number of hydrogen-bond acceptors (Lipinski definition) is 4. The van der Waals surface area contributed by atoms with Gasteiger partial charge < -0.3 is 10.2 Å². The molecule has 0 heterocycles. The van der Waals surface area contributed by atoms with E-state index in [1.165, 1.54) is 29.2 Å². The average molecular weight is 591 g/mol. The summed E-state index contributed by atoms with van der Waals surface area (Å²) in [7, 11) is -4.16. The number of hydrogen-bond donors (Lipinski definition) is 1. The van der Waals surface area contributed by atoms with Crippen molar-refractivity contribution in [3.05, 3.63) is 94.0 Å². The van der Waals surface area contributed by atoms with Crippen LogP contribution in [0, 0.1) is 6.92 Å². The van der Waals surface area contributed by atoms with Crippen molar-refractivity contribution in [3.8, 4) is 0 Å². The Kier molecular flexibility index (Phi) is 10.4. The van der Waals surface area contributed by atoms with Crippen LogP contribution in [0.15, 0.2) is 77.7 Å². The molecule has 0 bridgehead atoms. The summed E-state index contributed by atoms with van der Waals surface area (Å²) in [5.41, 5.74) is 1.97. The summed E-state index contributed by atoms with van der Waals surface area (Å²) in [5.74, 6) is -0.873. The summed E-state index contributed by atoms with van der Waals surface area (Å²) >= 11 is 12.2. The zero-order valence-corrected chi connectivity index (χ0v) is 24.7. The van der Waals surface area contributed by atoms with Crippen LogP contribution in [0.2, 0.25) is 10.0 Å². The predicted octanol–water partition coefficient (Wildman–Crippen LogP) is 5.83. The fourth-order valence-electron chi connectivity index (χ4n) is 3.85. The van der Waals surface area contributed by atoms with Crippen molar-refractivity contribution >= 4 is 50.7 Å². The first-order valence-electron chi connectivity index (χ1n) is 12.6. The second kappa shape index (κ2) is 13.3. The molecule has 0 aliphatic carbocycles. The van der Waals surface area contributed by atoms with E-state index in [2.05, 4.69) is 5.32 Å². The van der Waals surface area contributed by atoms with Gasteiger partial charge in [-0.05, 0) is 81.3 Å². The first-order valence-corrected chi connectivity index (χ1v) is 14.8. The highest BCUT2D eigenvalue weighted by molar-refractivity contribution is 7.92. The SMILES string of the molecule is CC[C@H](C)NC(=O)[C@H](C)N(Cc1cccc(Cl)c1)C(=O)CN(c1ccc(C)cc1)S(=O)(=O)c1ccc(Cl)cc1. The highest BCUT2D eigenvalue weighted by Gasteiger charge is 2.32. The van der Waals surface area contributed by atoms with Crippen LogP contribution in [0.1, 0.15) is 38.3 Å². The predicted molar refractivity (Wildman–Crippen MR) is 157 cm³/mol. The van der Waals surface area contributed by atoms with E-state index in [1.54, 1.807) is 55.5 Å². The molecule has 0 unspecified atom stereocenters. The third-order valence-corrected chi connectivity index (χ3v) is 8.69. The van der Waals surface area contributed by atoms with Gasteiger partial charge in [-0.25, -0.2) is 8.42 Å². The average Bonchev–Trinajstić information content (AvgIpc) is 2.90. The van der Waals surface area contributed by atoms with E-state index in [0.717, 1.165) is 16.3 Å². The molecule has 0 spiro atoms. The highest BCUT2D eigenvalue weighted by atomic mass is 35.5. The van der Waals surface area contributed by atoms with E-state index in [1.807, 2.05) is 20.8 Å². The number of amides is 2. The summed E-state index contributed by atoms with van der Waals surface area (Å²) < 4.78 is 28.6. The standard InChI is InChI=1S/C29H33Cl2N3O4S/c1-5-21(3)32-29(36)22(4)33(18-23-7-6-8-25(31)17-23)28(35)19-34(26-13-9-20(2)10-14-26)39(37,38)27-15-11-24(30)12-16-27/h6-17,21-22H,5,18-19H2,1-4H3,(H,32,36)/t21-,22-/m0/s1. The molecule has 0 aromatic heterocycles. The number of rotatable bonds is 11. The molecule has 0 aliphatic heterocycles. The smallest absolute Gasteiger partial charge is 0.264 e. The van der Waals surface area contributed by atoms with E-state index < -0.39 is 28.5 Å². The van der Waals surface area contributed by atoms with Crippen LogP contribution in [0.3, 0.4) is 0 Å². The Bertz CT molecular complexity index is 1400. The highest BCUT2D eigenvalue weighted by Crippen LogP contribution is 2.26. The zero-order chi connectivity index (χ0) is 28.7. The van der Waals surface area contributed by atoms with Gasteiger partial charge in [0.25, 0.3) is 10.0 Å². The molecule has 0 aliphatic rings. The van der Waals surface area contributed by atoms with Gasteiger partial charge in [-0.2, -0.15) is 0 Å². The Labute approximate surface area is 240 Å². The number of sulfonamides is 1. The minimum Gasteiger partial charge on any atom is -0.352 e. The Morgan fingerprint density at radius 1 is 0.923 bits per heavy atom. The molecule has 2 atom stereocenters. The van der Waals surface area contributed by atoms with Gasteiger partial charge >= 0.3 is 0 Å². The zero-order valence-electron chi connectivity index (χ0n) is 22.4. The van der Waals surface area contributed by atoms with Crippen LogP contribution in [-0.2, 0) is 26.2 Å². The van der Waals surface area contributed by atoms with Crippen LogP contribution in [0.25, 0.3) is 0 Å². The molecule has 3 rings (SSSR count). The minimum absolute atomic E-state index is 0.00997. The van der Waals surface area contributed by atoms with Gasteiger partial charge in [0.15, 0.2) is 0 Å². The number of halogens is 2. The maximum atomic E-state index is 13.9. The molecule has 39 heavy (non-hydrogen) atoms. The molecule has 0 radical (unpaired) electrons. The van der Waals surface area contributed by atoms with Crippen LogP contribution >= 0.6 is 23.2 Å². The maximum Gasteiger partial charge on any atom is 0.264 e. The Hall–Kier alpha value is -3.07. The third kappa shape index (κ3) is 7.97. The number of carbonyl (C=O) groups excluding carboxylic acids is 2. The molecule has 0 saturated heterocycles. The van der Waals surface area contributed by atoms with Gasteiger partial charge in [-0.1, -0.05) is 60.0 Å². The summed E-state index contributed by atoms with van der Waals surface area (Å²) in [5, 5.41) is 3.79. The van der Waals surface area contributed by atoms with Crippen molar-refractivity contribution < 1.29 is 18.0 Å². The lowest BCUT2D eigenvalue weighted by Crippen LogP contribution is -2.52. The molecule has 208 valence electrons. The molecule has 10 heteroatoms. The first kappa shape index (κ1) is 30.5. The van der Waals surface area contributed by atoms with Crippen molar-refractivity contribution in [2.45, 2.75) is 57.6 Å². The summed E-state index contributed by atoms with van der Waals surface area (Å²) in [6, 6.07) is 18.6. The van der Waals surface area contributed by atoms with Crippen molar-refractivity contribution in [1.82, 2.24) is 10.2 Å². The van der Waals surface area contributed by atoms with Gasteiger partial charge in [0.05, 0.1) is 10.6 Å². The molecule has 1 N–H and O–H groups in total. The van der Waals surface area contributed by atoms with Crippen molar-refractivity contribution in [2.75, 3.05) is 10.8 Å². The first-order chi connectivity index (χ1) is 18.4. The van der Waals surface area contributed by atoms with Gasteiger partial charge in [0.2, 0.25) is 11.8 Å². The van der Waals surface area contributed by atoms with Gasteiger partial charge in [-0.3, -0.25) is 13.9 Å². The lowest BCUT2D eigenvalue weighted by atomic mass is 10.1. The molecule has 7 nitrogen and oxygen atoms in total. The number of aryl methyl sites for hydroxylation is 1. The maximum absolute atomic E-state index is 13.9. The molecule has 3 aromatic rings. The second-order valence-electron chi connectivity index (χ2n) is 9.45. The molecule has 0 fully saturated rings. The fraction of sp³-hybridized carbons (Fsp3) is 0.310. The van der Waals surface area contributed by atoms with Crippen LogP contribution in [0.4, 0.5) is 5.69 Å². The summed E-state index contributed by atoms with van der Waals surface area (Å²) in [6.45, 7) is 6.89. The lowest BCUT2D eigenvalue weighted by Gasteiger charge is -2.32. The normalized spacial score (nSPS) is 12.9. The van der Waals surface area contributed by atoms with E-state index in [9.17, 15) is 18.0 Å². The van der Waals surface area contributed by atoms with Crippen molar-refractivity contribution in [3.63, 3.8) is 0 Å². The molecule has 3 aromatic carbocycles. The molecule has 2 amide bonds. The molecular formula is C29H33Cl2N3O4S.